The Kier molecular flexibility index (Phi) is 4.74. The minimum absolute atomic E-state index is 0.0651. The lowest BCUT2D eigenvalue weighted by Crippen LogP contribution is -2.46. The highest BCUT2D eigenvalue weighted by Gasteiger charge is 2.35. The Hall–Kier alpha value is -3.23. The first kappa shape index (κ1) is 20.4. The van der Waals surface area contributed by atoms with Gasteiger partial charge in [0.2, 0.25) is 0 Å². The first-order chi connectivity index (χ1) is 16.0. The number of aryl methyl sites for hydroxylation is 1. The fourth-order valence-corrected chi connectivity index (χ4v) is 6.16. The quantitative estimate of drug-likeness (QED) is 0.468. The molecule has 3 aromatic heterocycles. The van der Waals surface area contributed by atoms with Crippen LogP contribution < -0.4 is 11.2 Å². The van der Waals surface area contributed by atoms with Gasteiger partial charge in [-0.2, -0.15) is 0 Å². The van der Waals surface area contributed by atoms with Crippen LogP contribution in [0.5, 0.6) is 5.75 Å². The minimum Gasteiger partial charge on any atom is -0.507 e. The highest BCUT2D eigenvalue weighted by Crippen LogP contribution is 2.37. The van der Waals surface area contributed by atoms with Crippen LogP contribution in [0.2, 0.25) is 0 Å². The molecular formula is C25H23N3O4S. The van der Waals surface area contributed by atoms with Crippen LogP contribution >= 0.6 is 11.3 Å². The van der Waals surface area contributed by atoms with Crippen LogP contribution in [0.25, 0.3) is 21.5 Å². The maximum atomic E-state index is 12.8. The molecule has 0 aliphatic carbocycles. The molecule has 2 aliphatic heterocycles. The molecule has 1 N–H and O–H groups in total. The lowest BCUT2D eigenvalue weighted by molar-refractivity contribution is 0.113. The second-order valence-corrected chi connectivity index (χ2v) is 9.97. The predicted molar refractivity (Wildman–Crippen MR) is 127 cm³/mol. The van der Waals surface area contributed by atoms with Crippen LogP contribution in [0.3, 0.4) is 0 Å². The van der Waals surface area contributed by atoms with Crippen molar-refractivity contribution in [3.63, 3.8) is 0 Å². The van der Waals surface area contributed by atoms with E-state index in [2.05, 4.69) is 9.88 Å². The van der Waals surface area contributed by atoms with E-state index in [1.807, 2.05) is 29.0 Å². The Bertz CT molecular complexity index is 1500. The molecule has 33 heavy (non-hydrogen) atoms. The smallest absolute Gasteiger partial charge is 0.346 e. The monoisotopic (exact) mass is 461 g/mol. The third-order valence-corrected chi connectivity index (χ3v) is 7.76. The standard InChI is InChI=1S/C25H23N3O4S/c1-14-13-33-24(26-14)18-8-16-5-6-21(29)19(23(16)32-25(18)31)12-27-9-15-7-17(11-27)20-3-2-4-22(30)28(20)10-15/h2-6,8,13,15,17,29H,7,9-12H2,1H3/t15-,17+/m0/s1. The minimum atomic E-state index is -0.451. The summed E-state index contributed by atoms with van der Waals surface area (Å²) in [7, 11) is 0. The van der Waals surface area contributed by atoms with Crippen LogP contribution in [-0.2, 0) is 13.1 Å². The van der Waals surface area contributed by atoms with Crippen molar-refractivity contribution in [3.05, 3.63) is 79.5 Å². The molecule has 0 amide bonds. The number of likely N-dealkylation sites (tertiary alicyclic amines) is 1. The van der Waals surface area contributed by atoms with Gasteiger partial charge in [-0.15, -0.1) is 11.3 Å². The van der Waals surface area contributed by atoms with Crippen molar-refractivity contribution < 1.29 is 9.52 Å². The molecule has 0 unspecified atom stereocenters. The van der Waals surface area contributed by atoms with Gasteiger partial charge in [-0.3, -0.25) is 9.69 Å². The Morgan fingerprint density at radius 1 is 1.18 bits per heavy atom. The van der Waals surface area contributed by atoms with Crippen LogP contribution in [0, 0.1) is 12.8 Å². The van der Waals surface area contributed by atoms with E-state index in [1.165, 1.54) is 11.3 Å². The van der Waals surface area contributed by atoms with Crippen molar-refractivity contribution in [2.75, 3.05) is 13.1 Å². The van der Waals surface area contributed by atoms with E-state index in [1.54, 1.807) is 24.3 Å². The first-order valence-electron chi connectivity index (χ1n) is 11.1. The number of nitrogens with zero attached hydrogens (tertiary/aromatic N) is 3. The third-order valence-electron chi connectivity index (χ3n) is 6.77. The summed E-state index contributed by atoms with van der Waals surface area (Å²) in [5.41, 5.74) is 3.04. The second-order valence-electron chi connectivity index (χ2n) is 9.12. The summed E-state index contributed by atoms with van der Waals surface area (Å²) in [5, 5.41) is 14.0. The molecule has 6 rings (SSSR count). The highest BCUT2D eigenvalue weighted by atomic mass is 32.1. The molecule has 0 saturated carbocycles. The lowest BCUT2D eigenvalue weighted by atomic mass is 9.83. The Morgan fingerprint density at radius 3 is 2.88 bits per heavy atom. The molecule has 7 nitrogen and oxygen atoms in total. The van der Waals surface area contributed by atoms with Gasteiger partial charge in [0.05, 0.1) is 11.1 Å². The zero-order chi connectivity index (χ0) is 22.7. The number of aromatic hydroxyl groups is 1. The van der Waals surface area contributed by atoms with Gasteiger partial charge in [0.15, 0.2) is 0 Å². The Balaban J connectivity index is 1.35. The average Bonchev–Trinajstić information content (AvgIpc) is 3.22. The molecule has 2 aliphatic rings. The van der Waals surface area contributed by atoms with Crippen molar-refractivity contribution in [2.24, 2.45) is 5.92 Å². The van der Waals surface area contributed by atoms with Gasteiger partial charge in [0.1, 0.15) is 16.3 Å². The average molecular weight is 462 g/mol. The SMILES string of the molecule is Cc1csc(-c2cc3ccc(O)c(CN4C[C@@H]5C[C@H](C4)c4cccc(=O)n4C5)c3oc2=O)n1. The number of rotatable bonds is 3. The molecule has 1 fully saturated rings. The van der Waals surface area contributed by atoms with E-state index in [9.17, 15) is 14.7 Å². The molecule has 2 bridgehead atoms. The molecule has 1 aromatic carbocycles. The van der Waals surface area contributed by atoms with Gasteiger partial charge in [-0.25, -0.2) is 9.78 Å². The highest BCUT2D eigenvalue weighted by molar-refractivity contribution is 7.13. The van der Waals surface area contributed by atoms with Crippen molar-refractivity contribution in [1.29, 1.82) is 0 Å². The molecule has 1 saturated heterocycles. The molecule has 5 heterocycles. The molecule has 168 valence electrons. The Labute approximate surface area is 193 Å². The van der Waals surface area contributed by atoms with E-state index >= 15 is 0 Å². The zero-order valence-electron chi connectivity index (χ0n) is 18.2. The number of pyridine rings is 1. The number of hydrogen-bond donors (Lipinski definition) is 1. The van der Waals surface area contributed by atoms with Gasteiger partial charge in [-0.05, 0) is 43.5 Å². The number of fused-ring (bicyclic) bond motifs is 5. The fourth-order valence-electron chi connectivity index (χ4n) is 5.36. The normalized spacial score (nSPS) is 20.2. The molecular weight excluding hydrogens is 438 g/mol. The van der Waals surface area contributed by atoms with Gasteiger partial charge in [0, 0.05) is 60.3 Å². The van der Waals surface area contributed by atoms with Crippen molar-refractivity contribution in [3.8, 4) is 16.3 Å². The summed E-state index contributed by atoms with van der Waals surface area (Å²) in [4.78, 5) is 31.8. The molecule has 0 radical (unpaired) electrons. The topological polar surface area (TPSA) is 88.6 Å². The molecule has 2 atom stereocenters. The van der Waals surface area contributed by atoms with Crippen molar-refractivity contribution in [2.45, 2.75) is 32.4 Å². The van der Waals surface area contributed by atoms with E-state index < -0.39 is 5.63 Å². The van der Waals surface area contributed by atoms with Gasteiger partial charge >= 0.3 is 5.63 Å². The van der Waals surface area contributed by atoms with Gasteiger partial charge < -0.3 is 14.1 Å². The number of phenols is 1. The predicted octanol–water partition coefficient (Wildman–Crippen LogP) is 3.71. The number of piperidine rings is 1. The number of hydrogen-bond acceptors (Lipinski definition) is 7. The largest absolute Gasteiger partial charge is 0.507 e. The lowest BCUT2D eigenvalue weighted by Gasteiger charge is -2.42. The fraction of sp³-hybridized carbons (Fsp3) is 0.320. The van der Waals surface area contributed by atoms with Gasteiger partial charge in [0.25, 0.3) is 5.56 Å². The van der Waals surface area contributed by atoms with Crippen LogP contribution in [0.4, 0.5) is 0 Å². The van der Waals surface area contributed by atoms with E-state index in [0.717, 1.165) is 42.8 Å². The molecule has 0 spiro atoms. The first-order valence-corrected chi connectivity index (χ1v) is 12.0. The zero-order valence-corrected chi connectivity index (χ0v) is 19.0. The maximum Gasteiger partial charge on any atom is 0.346 e. The van der Waals surface area contributed by atoms with Crippen molar-refractivity contribution >= 4 is 22.3 Å². The molecule has 4 aromatic rings. The Morgan fingerprint density at radius 2 is 2.06 bits per heavy atom. The summed E-state index contributed by atoms with van der Waals surface area (Å²) in [6, 6.07) is 10.7. The summed E-state index contributed by atoms with van der Waals surface area (Å²) < 4.78 is 7.66. The summed E-state index contributed by atoms with van der Waals surface area (Å²) in [6.45, 7) is 4.70. The second kappa shape index (κ2) is 7.67. The third kappa shape index (κ3) is 3.50. The van der Waals surface area contributed by atoms with Crippen LogP contribution in [-0.4, -0.2) is 32.6 Å². The number of phenolic OH excluding ortho intramolecular Hbond substituents is 1. The van der Waals surface area contributed by atoms with E-state index in [4.69, 9.17) is 4.42 Å². The number of aromatic nitrogens is 2. The summed E-state index contributed by atoms with van der Waals surface area (Å²) in [5.74, 6) is 0.770. The number of thiazole rings is 1. The number of benzene rings is 1. The van der Waals surface area contributed by atoms with Gasteiger partial charge in [-0.1, -0.05) is 6.07 Å². The molecule has 8 heteroatoms. The summed E-state index contributed by atoms with van der Waals surface area (Å²) in [6.07, 6.45) is 1.06. The van der Waals surface area contributed by atoms with E-state index in [0.29, 0.717) is 34.2 Å². The maximum absolute atomic E-state index is 12.8. The van der Waals surface area contributed by atoms with Crippen LogP contribution in [0.1, 0.15) is 29.3 Å². The van der Waals surface area contributed by atoms with Crippen LogP contribution in [0.15, 0.2) is 55.8 Å². The van der Waals surface area contributed by atoms with Crippen molar-refractivity contribution in [1.82, 2.24) is 14.5 Å². The van der Waals surface area contributed by atoms with E-state index in [-0.39, 0.29) is 17.2 Å². The summed E-state index contributed by atoms with van der Waals surface area (Å²) >= 11 is 1.41.